The van der Waals surface area contributed by atoms with Crippen molar-refractivity contribution >= 4 is 41.1 Å². The maximum Gasteiger partial charge on any atom is 0.408 e. The van der Waals surface area contributed by atoms with Gasteiger partial charge in [0.25, 0.3) is 0 Å². The van der Waals surface area contributed by atoms with Gasteiger partial charge in [-0.25, -0.2) is 4.79 Å². The van der Waals surface area contributed by atoms with E-state index in [-0.39, 0.29) is 30.9 Å². The highest BCUT2D eigenvalue weighted by Gasteiger charge is 2.31. The van der Waals surface area contributed by atoms with Crippen LogP contribution in [-0.2, 0) is 20.9 Å². The zero-order valence-corrected chi connectivity index (χ0v) is 25.6. The summed E-state index contributed by atoms with van der Waals surface area (Å²) in [5.74, 6) is -0.729. The molecule has 5 N–H and O–H groups in total. The topological polar surface area (TPSA) is 134 Å². The fourth-order valence-electron chi connectivity index (χ4n) is 3.75. The van der Waals surface area contributed by atoms with E-state index in [9.17, 15) is 19.5 Å². The first-order valence-electron chi connectivity index (χ1n) is 13.0. The summed E-state index contributed by atoms with van der Waals surface area (Å²) >= 11 is 12.0. The predicted octanol–water partition coefficient (Wildman–Crippen LogP) is 4.88. The molecule has 0 fully saturated rings. The molecule has 2 unspecified atom stereocenters. The molecule has 2 rings (SSSR count). The van der Waals surface area contributed by atoms with Crippen LogP contribution < -0.4 is 16.4 Å². The highest BCUT2D eigenvalue weighted by atomic mass is 35.5. The number of nitrogens with zero attached hydrogens (tertiary/aromatic N) is 1. The number of carbonyl (C=O) groups excluding carboxylic acids is 3. The van der Waals surface area contributed by atoms with Crippen molar-refractivity contribution in [3.8, 4) is 0 Å². The number of nitrogens with one attached hydrogen (secondary N) is 2. The van der Waals surface area contributed by atoms with Crippen LogP contribution in [0.1, 0.15) is 77.3 Å². The number of hydrogen-bond acceptors (Lipinski definition) is 6. The molecule has 9 nitrogen and oxygen atoms in total. The molecule has 0 bridgehead atoms. The number of nitrogens with two attached hydrogens (primary N) is 1. The summed E-state index contributed by atoms with van der Waals surface area (Å²) in [5.41, 5.74) is 6.35. The van der Waals surface area contributed by atoms with E-state index in [2.05, 4.69) is 10.6 Å². The second-order valence-corrected chi connectivity index (χ2v) is 12.2. The molecule has 0 saturated carbocycles. The van der Waals surface area contributed by atoms with Gasteiger partial charge in [0.2, 0.25) is 11.8 Å². The van der Waals surface area contributed by atoms with Crippen molar-refractivity contribution in [2.45, 2.75) is 84.3 Å². The van der Waals surface area contributed by atoms with Crippen molar-refractivity contribution < 1.29 is 24.2 Å². The first-order valence-corrected chi connectivity index (χ1v) is 13.7. The third-order valence-corrected chi connectivity index (χ3v) is 6.78. The molecule has 0 aliphatic rings. The Kier molecular flexibility index (Phi) is 11.4. The second kappa shape index (κ2) is 13.7. The number of hydrogen-bond donors (Lipinski definition) is 4. The van der Waals surface area contributed by atoms with Crippen molar-refractivity contribution in [1.82, 2.24) is 15.5 Å². The highest BCUT2D eigenvalue weighted by molar-refractivity contribution is 6.42. The van der Waals surface area contributed by atoms with Gasteiger partial charge in [-0.15, -0.1) is 0 Å². The summed E-state index contributed by atoms with van der Waals surface area (Å²) in [5, 5.41) is 16.8. The molecule has 2 atom stereocenters. The number of aliphatic hydroxyl groups is 1. The Balaban J connectivity index is 2.01. The lowest BCUT2D eigenvalue weighted by molar-refractivity contribution is -0.136. The zero-order chi connectivity index (χ0) is 30.4. The molecule has 0 aliphatic heterocycles. The molecular weight excluding hydrogens is 555 g/mol. The van der Waals surface area contributed by atoms with Crippen LogP contribution in [0.4, 0.5) is 4.79 Å². The lowest BCUT2D eigenvalue weighted by Gasteiger charge is -2.31. The number of halogens is 2. The molecule has 3 amide bonds. The molecule has 220 valence electrons. The SMILES string of the molecule is CC(C)N(CC(O)c1ccc(Cl)c(Cl)c1)C(=O)C(N)c1ccc(CNC(=O)C(C)(C)NC(=O)OC(C)(C)C)cc1. The Morgan fingerprint density at radius 3 is 2.08 bits per heavy atom. The molecule has 0 saturated heterocycles. The van der Waals surface area contributed by atoms with Gasteiger partial charge in [-0.3, -0.25) is 9.59 Å². The normalized spacial score (nSPS) is 13.4. The van der Waals surface area contributed by atoms with Gasteiger partial charge >= 0.3 is 6.09 Å². The third-order valence-electron chi connectivity index (χ3n) is 6.04. The van der Waals surface area contributed by atoms with Gasteiger partial charge < -0.3 is 31.1 Å². The minimum atomic E-state index is -1.20. The molecule has 0 heterocycles. The van der Waals surface area contributed by atoms with Crippen LogP contribution in [-0.4, -0.2) is 51.6 Å². The number of alkyl carbamates (subject to hydrolysis) is 1. The van der Waals surface area contributed by atoms with Crippen LogP contribution in [0.15, 0.2) is 42.5 Å². The summed E-state index contributed by atoms with van der Waals surface area (Å²) in [4.78, 5) is 39.6. The molecule has 2 aromatic rings. The van der Waals surface area contributed by atoms with Crippen LogP contribution in [0.25, 0.3) is 0 Å². The Labute approximate surface area is 246 Å². The van der Waals surface area contributed by atoms with Crippen molar-refractivity contribution in [3.05, 3.63) is 69.2 Å². The van der Waals surface area contributed by atoms with Crippen molar-refractivity contribution in [2.75, 3.05) is 6.54 Å². The molecule has 0 aromatic heterocycles. The summed E-state index contributed by atoms with van der Waals surface area (Å²) in [6, 6.07) is 10.6. The maximum absolute atomic E-state index is 13.3. The fraction of sp³-hybridized carbons (Fsp3) is 0.483. The zero-order valence-electron chi connectivity index (χ0n) is 24.0. The van der Waals surface area contributed by atoms with Crippen molar-refractivity contribution in [3.63, 3.8) is 0 Å². The number of benzene rings is 2. The first kappa shape index (κ1) is 33.4. The number of rotatable bonds is 10. The van der Waals surface area contributed by atoms with E-state index in [4.69, 9.17) is 33.7 Å². The quantitative estimate of drug-likeness (QED) is 0.309. The van der Waals surface area contributed by atoms with E-state index >= 15 is 0 Å². The van der Waals surface area contributed by atoms with E-state index in [1.54, 1.807) is 77.1 Å². The smallest absolute Gasteiger partial charge is 0.408 e. The summed E-state index contributed by atoms with van der Waals surface area (Å²) in [6.07, 6.45) is -1.66. The van der Waals surface area contributed by atoms with Crippen LogP contribution in [0, 0.1) is 0 Å². The number of carbonyl (C=O) groups is 3. The van der Waals surface area contributed by atoms with Gasteiger partial charge in [0.15, 0.2) is 0 Å². The van der Waals surface area contributed by atoms with E-state index < -0.39 is 29.4 Å². The average Bonchev–Trinajstić information content (AvgIpc) is 2.84. The van der Waals surface area contributed by atoms with Gasteiger partial charge in [0.1, 0.15) is 17.2 Å². The predicted molar refractivity (Wildman–Crippen MR) is 157 cm³/mol. The summed E-state index contributed by atoms with van der Waals surface area (Å²) in [7, 11) is 0. The van der Waals surface area contributed by atoms with Crippen molar-refractivity contribution in [1.29, 1.82) is 0 Å². The molecular formula is C29H40Cl2N4O5. The lowest BCUT2D eigenvalue weighted by Crippen LogP contribution is -2.55. The van der Waals surface area contributed by atoms with Crippen LogP contribution in [0.3, 0.4) is 0 Å². The number of amides is 3. The lowest BCUT2D eigenvalue weighted by atomic mass is 10.0. The van der Waals surface area contributed by atoms with Gasteiger partial charge in [0, 0.05) is 12.6 Å². The Morgan fingerprint density at radius 2 is 1.55 bits per heavy atom. The average molecular weight is 596 g/mol. The molecule has 0 radical (unpaired) electrons. The largest absolute Gasteiger partial charge is 0.444 e. The third kappa shape index (κ3) is 9.66. The van der Waals surface area contributed by atoms with E-state index in [1.807, 2.05) is 13.8 Å². The van der Waals surface area contributed by atoms with E-state index in [1.165, 1.54) is 4.90 Å². The first-order chi connectivity index (χ1) is 18.4. The summed E-state index contributed by atoms with van der Waals surface area (Å²) < 4.78 is 5.23. The molecule has 2 aromatic carbocycles. The Bertz CT molecular complexity index is 1200. The molecule has 0 spiro atoms. The summed E-state index contributed by atoms with van der Waals surface area (Å²) in [6.45, 7) is 12.3. The van der Waals surface area contributed by atoms with Gasteiger partial charge in [-0.2, -0.15) is 0 Å². The second-order valence-electron chi connectivity index (χ2n) is 11.4. The minimum absolute atomic E-state index is 0.0272. The molecule has 11 heteroatoms. The fourth-order valence-corrected chi connectivity index (χ4v) is 4.06. The van der Waals surface area contributed by atoms with Gasteiger partial charge in [-0.1, -0.05) is 53.5 Å². The highest BCUT2D eigenvalue weighted by Crippen LogP contribution is 2.27. The van der Waals surface area contributed by atoms with Gasteiger partial charge in [-0.05, 0) is 77.3 Å². The van der Waals surface area contributed by atoms with Gasteiger partial charge in [0.05, 0.1) is 22.7 Å². The van der Waals surface area contributed by atoms with E-state index in [0.29, 0.717) is 21.2 Å². The van der Waals surface area contributed by atoms with Crippen LogP contribution in [0.2, 0.25) is 10.0 Å². The monoisotopic (exact) mass is 594 g/mol. The standard InChI is InChI=1S/C29H40Cl2N4O5/c1-17(2)35(16-23(36)20-12-13-21(30)22(31)14-20)25(37)24(32)19-10-8-18(9-11-19)15-33-26(38)29(6,7)34-27(39)40-28(3,4)5/h8-14,17,23-24,36H,15-16,32H2,1-7H3,(H,33,38)(H,34,39). The van der Waals surface area contributed by atoms with Crippen LogP contribution in [0.5, 0.6) is 0 Å². The maximum atomic E-state index is 13.3. The minimum Gasteiger partial charge on any atom is -0.444 e. The number of ether oxygens (including phenoxy) is 1. The van der Waals surface area contributed by atoms with Crippen LogP contribution >= 0.6 is 23.2 Å². The molecule has 0 aliphatic carbocycles. The number of aliphatic hydroxyl groups excluding tert-OH is 1. The van der Waals surface area contributed by atoms with Crippen molar-refractivity contribution in [2.24, 2.45) is 5.73 Å². The molecule has 40 heavy (non-hydrogen) atoms. The Morgan fingerprint density at radius 1 is 0.975 bits per heavy atom. The van der Waals surface area contributed by atoms with E-state index in [0.717, 1.165) is 5.56 Å². The Hall–Kier alpha value is -2.85.